The lowest BCUT2D eigenvalue weighted by Gasteiger charge is -2.07. The van der Waals surface area contributed by atoms with Gasteiger partial charge >= 0.3 is 5.97 Å². The van der Waals surface area contributed by atoms with Crippen LogP contribution in [-0.4, -0.2) is 13.1 Å². The number of aryl methyl sites for hydroxylation is 1. The van der Waals surface area contributed by atoms with Crippen LogP contribution in [0.1, 0.15) is 16.7 Å². The van der Waals surface area contributed by atoms with Crippen molar-refractivity contribution in [1.82, 2.24) is 0 Å². The molecule has 2 nitrogen and oxygen atoms in total. The van der Waals surface area contributed by atoms with Crippen molar-refractivity contribution >= 4 is 12.0 Å². The molecule has 0 bridgehead atoms. The first-order valence-electron chi connectivity index (χ1n) is 6.59. The first-order chi connectivity index (χ1) is 9.70. The van der Waals surface area contributed by atoms with Crippen LogP contribution >= 0.6 is 0 Å². The van der Waals surface area contributed by atoms with Gasteiger partial charge in [0.1, 0.15) is 0 Å². The Morgan fingerprint density at radius 2 is 1.70 bits per heavy atom. The maximum absolute atomic E-state index is 11.9. The number of methoxy groups -OCH3 is 1. The SMILES string of the molecule is COC(=O)C(=Cc1ccccc1C)Cc1ccccc1. The Labute approximate surface area is 119 Å². The van der Waals surface area contributed by atoms with E-state index in [2.05, 4.69) is 0 Å². The van der Waals surface area contributed by atoms with Gasteiger partial charge in [-0.15, -0.1) is 0 Å². The van der Waals surface area contributed by atoms with Gasteiger partial charge in [0.05, 0.1) is 7.11 Å². The summed E-state index contributed by atoms with van der Waals surface area (Å²) in [6.07, 6.45) is 2.48. The molecule has 2 rings (SSSR count). The van der Waals surface area contributed by atoms with Gasteiger partial charge in [-0.25, -0.2) is 4.79 Å². The van der Waals surface area contributed by atoms with Crippen LogP contribution in [0, 0.1) is 6.92 Å². The second-order valence-corrected chi connectivity index (χ2v) is 4.68. The molecule has 0 N–H and O–H groups in total. The maximum atomic E-state index is 11.9. The Kier molecular flexibility index (Phi) is 4.72. The number of esters is 1. The standard InChI is InChI=1S/C18H18O2/c1-14-8-6-7-11-16(14)13-17(18(19)20-2)12-15-9-4-3-5-10-15/h3-11,13H,12H2,1-2H3. The normalized spacial score (nSPS) is 11.2. The lowest BCUT2D eigenvalue weighted by molar-refractivity contribution is -0.136. The van der Waals surface area contributed by atoms with E-state index in [-0.39, 0.29) is 5.97 Å². The predicted octanol–water partition coefficient (Wildman–Crippen LogP) is 3.79. The van der Waals surface area contributed by atoms with Crippen LogP contribution in [0.15, 0.2) is 60.2 Å². The van der Waals surface area contributed by atoms with Crippen molar-refractivity contribution in [2.75, 3.05) is 7.11 Å². The molecular weight excluding hydrogens is 248 g/mol. The minimum absolute atomic E-state index is 0.280. The molecule has 102 valence electrons. The summed E-state index contributed by atoms with van der Waals surface area (Å²) in [4.78, 5) is 11.9. The zero-order valence-electron chi connectivity index (χ0n) is 11.8. The van der Waals surface area contributed by atoms with Crippen LogP contribution in [0.25, 0.3) is 6.08 Å². The van der Waals surface area contributed by atoms with Crippen molar-refractivity contribution in [2.45, 2.75) is 13.3 Å². The minimum Gasteiger partial charge on any atom is -0.466 e. The van der Waals surface area contributed by atoms with E-state index in [1.165, 1.54) is 7.11 Å². The third kappa shape index (κ3) is 3.58. The summed E-state index contributed by atoms with van der Waals surface area (Å²) in [5, 5.41) is 0. The van der Waals surface area contributed by atoms with Crippen LogP contribution in [-0.2, 0) is 16.0 Å². The second-order valence-electron chi connectivity index (χ2n) is 4.68. The van der Waals surface area contributed by atoms with Gasteiger partial charge in [0.25, 0.3) is 0 Å². The molecule has 0 saturated heterocycles. The van der Waals surface area contributed by atoms with Gasteiger partial charge in [0, 0.05) is 12.0 Å². The molecule has 0 aliphatic heterocycles. The van der Waals surface area contributed by atoms with Gasteiger partial charge in [-0.2, -0.15) is 0 Å². The van der Waals surface area contributed by atoms with Gasteiger partial charge in [-0.3, -0.25) is 0 Å². The molecule has 0 aliphatic rings. The van der Waals surface area contributed by atoms with Crippen molar-refractivity contribution in [3.63, 3.8) is 0 Å². The Balaban J connectivity index is 2.33. The fourth-order valence-corrected chi connectivity index (χ4v) is 2.07. The van der Waals surface area contributed by atoms with Crippen LogP contribution in [0.4, 0.5) is 0 Å². The molecule has 2 aromatic rings. The molecule has 0 radical (unpaired) electrons. The van der Waals surface area contributed by atoms with E-state index in [0.29, 0.717) is 12.0 Å². The topological polar surface area (TPSA) is 26.3 Å². The van der Waals surface area contributed by atoms with E-state index in [1.807, 2.05) is 67.6 Å². The summed E-state index contributed by atoms with van der Waals surface area (Å²) >= 11 is 0. The highest BCUT2D eigenvalue weighted by Crippen LogP contribution is 2.16. The summed E-state index contributed by atoms with van der Waals surface area (Å²) in [6.45, 7) is 2.03. The van der Waals surface area contributed by atoms with Crippen molar-refractivity contribution in [1.29, 1.82) is 0 Å². The molecule has 0 aliphatic carbocycles. The average molecular weight is 266 g/mol. The summed E-state index contributed by atoms with van der Waals surface area (Å²) in [5.41, 5.74) is 3.94. The average Bonchev–Trinajstić information content (AvgIpc) is 2.49. The molecule has 2 aromatic carbocycles. The zero-order valence-corrected chi connectivity index (χ0v) is 11.8. The number of carbonyl (C=O) groups is 1. The van der Waals surface area contributed by atoms with E-state index >= 15 is 0 Å². The number of carbonyl (C=O) groups excluding carboxylic acids is 1. The predicted molar refractivity (Wildman–Crippen MR) is 81.3 cm³/mol. The van der Waals surface area contributed by atoms with Crippen LogP contribution in [0.2, 0.25) is 0 Å². The van der Waals surface area contributed by atoms with E-state index in [1.54, 1.807) is 0 Å². The summed E-state index contributed by atoms with van der Waals surface area (Å²) < 4.78 is 4.89. The van der Waals surface area contributed by atoms with Crippen LogP contribution in [0.3, 0.4) is 0 Å². The molecule has 0 unspecified atom stereocenters. The Hall–Kier alpha value is -2.35. The van der Waals surface area contributed by atoms with Crippen LogP contribution in [0.5, 0.6) is 0 Å². The van der Waals surface area contributed by atoms with E-state index < -0.39 is 0 Å². The molecular formula is C18H18O2. The summed E-state index contributed by atoms with van der Waals surface area (Å²) in [5.74, 6) is -0.280. The molecule has 0 heterocycles. The largest absolute Gasteiger partial charge is 0.466 e. The summed E-state index contributed by atoms with van der Waals surface area (Å²) in [6, 6.07) is 17.9. The fraction of sp³-hybridized carbons (Fsp3) is 0.167. The Morgan fingerprint density at radius 1 is 1.05 bits per heavy atom. The maximum Gasteiger partial charge on any atom is 0.334 e. The Morgan fingerprint density at radius 3 is 2.35 bits per heavy atom. The van der Waals surface area contributed by atoms with E-state index in [4.69, 9.17) is 4.74 Å². The van der Waals surface area contributed by atoms with Crippen molar-refractivity contribution in [3.8, 4) is 0 Å². The molecule has 0 fully saturated rings. The van der Waals surface area contributed by atoms with Gasteiger partial charge in [-0.1, -0.05) is 54.6 Å². The van der Waals surface area contributed by atoms with Crippen LogP contribution < -0.4 is 0 Å². The number of benzene rings is 2. The zero-order chi connectivity index (χ0) is 14.4. The molecule has 0 atom stereocenters. The number of ether oxygens (including phenoxy) is 1. The third-order valence-electron chi connectivity index (χ3n) is 3.20. The quantitative estimate of drug-likeness (QED) is 0.621. The highest BCUT2D eigenvalue weighted by Gasteiger charge is 2.11. The Bertz CT molecular complexity index is 612. The van der Waals surface area contributed by atoms with Crippen molar-refractivity contribution < 1.29 is 9.53 Å². The van der Waals surface area contributed by atoms with E-state index in [0.717, 1.165) is 16.7 Å². The molecule has 0 spiro atoms. The van der Waals surface area contributed by atoms with E-state index in [9.17, 15) is 4.79 Å². The summed E-state index contributed by atoms with van der Waals surface area (Å²) in [7, 11) is 1.42. The molecule has 0 aromatic heterocycles. The lowest BCUT2D eigenvalue weighted by atomic mass is 10.0. The minimum atomic E-state index is -0.280. The van der Waals surface area contributed by atoms with Gasteiger partial charge < -0.3 is 4.74 Å². The van der Waals surface area contributed by atoms with Gasteiger partial charge in [0.2, 0.25) is 0 Å². The number of rotatable bonds is 4. The highest BCUT2D eigenvalue weighted by molar-refractivity contribution is 5.94. The second kappa shape index (κ2) is 6.71. The van der Waals surface area contributed by atoms with Gasteiger partial charge in [-0.05, 0) is 29.7 Å². The number of hydrogen-bond donors (Lipinski definition) is 0. The molecule has 0 saturated carbocycles. The first-order valence-corrected chi connectivity index (χ1v) is 6.59. The van der Waals surface area contributed by atoms with Gasteiger partial charge in [0.15, 0.2) is 0 Å². The third-order valence-corrected chi connectivity index (χ3v) is 3.20. The molecule has 2 heteroatoms. The number of hydrogen-bond acceptors (Lipinski definition) is 2. The first kappa shape index (κ1) is 14.1. The smallest absolute Gasteiger partial charge is 0.334 e. The molecule has 20 heavy (non-hydrogen) atoms. The van der Waals surface area contributed by atoms with Crippen molar-refractivity contribution in [3.05, 3.63) is 76.9 Å². The monoisotopic (exact) mass is 266 g/mol. The van der Waals surface area contributed by atoms with Crippen molar-refractivity contribution in [2.24, 2.45) is 0 Å². The highest BCUT2D eigenvalue weighted by atomic mass is 16.5. The molecule has 0 amide bonds. The fourth-order valence-electron chi connectivity index (χ4n) is 2.07. The lowest BCUT2D eigenvalue weighted by Crippen LogP contribution is -2.07.